The van der Waals surface area contributed by atoms with Gasteiger partial charge in [0.2, 0.25) is 0 Å². The van der Waals surface area contributed by atoms with Crippen molar-refractivity contribution < 1.29 is 9.47 Å². The van der Waals surface area contributed by atoms with Crippen molar-refractivity contribution in [1.82, 2.24) is 0 Å². The third-order valence-corrected chi connectivity index (χ3v) is 3.48. The molecule has 0 bridgehead atoms. The van der Waals surface area contributed by atoms with E-state index in [2.05, 4.69) is 4.90 Å². The van der Waals surface area contributed by atoms with E-state index in [9.17, 15) is 0 Å². The fourth-order valence-electron chi connectivity index (χ4n) is 2.02. The number of hydrogen-bond donors (Lipinski definition) is 1. The Morgan fingerprint density at radius 2 is 1.90 bits per heavy atom. The Morgan fingerprint density at radius 1 is 1.20 bits per heavy atom. The van der Waals surface area contributed by atoms with Crippen LogP contribution in [0.4, 0.5) is 5.69 Å². The SMILES string of the molecule is COCCCN(CCOC)c1ccc(C(C)N)cc1Cl. The molecule has 1 unspecified atom stereocenters. The number of methoxy groups -OCH3 is 2. The molecule has 0 radical (unpaired) electrons. The van der Waals surface area contributed by atoms with Crippen LogP contribution >= 0.6 is 11.6 Å². The molecule has 0 spiro atoms. The fraction of sp³-hybridized carbons (Fsp3) is 0.600. The van der Waals surface area contributed by atoms with Gasteiger partial charge in [-0.3, -0.25) is 0 Å². The summed E-state index contributed by atoms with van der Waals surface area (Å²) >= 11 is 6.39. The molecule has 0 saturated heterocycles. The monoisotopic (exact) mass is 300 g/mol. The topological polar surface area (TPSA) is 47.7 Å². The summed E-state index contributed by atoms with van der Waals surface area (Å²) in [5.41, 5.74) is 7.94. The van der Waals surface area contributed by atoms with E-state index in [1.54, 1.807) is 14.2 Å². The van der Waals surface area contributed by atoms with Crippen LogP contribution in [0.3, 0.4) is 0 Å². The number of nitrogens with two attached hydrogens (primary N) is 1. The van der Waals surface area contributed by atoms with Gasteiger partial charge in [-0.1, -0.05) is 17.7 Å². The number of anilines is 1. The molecule has 5 heteroatoms. The fourth-order valence-corrected chi connectivity index (χ4v) is 2.33. The lowest BCUT2D eigenvalue weighted by molar-refractivity contribution is 0.191. The maximum Gasteiger partial charge on any atom is 0.0642 e. The van der Waals surface area contributed by atoms with Crippen LogP contribution in [-0.4, -0.2) is 40.5 Å². The van der Waals surface area contributed by atoms with E-state index in [0.717, 1.165) is 42.4 Å². The minimum absolute atomic E-state index is 0.0116. The minimum atomic E-state index is -0.0116. The summed E-state index contributed by atoms with van der Waals surface area (Å²) in [4.78, 5) is 2.22. The Morgan fingerprint density at radius 3 is 2.45 bits per heavy atom. The highest BCUT2D eigenvalue weighted by Crippen LogP contribution is 2.28. The van der Waals surface area contributed by atoms with Gasteiger partial charge in [-0.25, -0.2) is 0 Å². The zero-order valence-electron chi connectivity index (χ0n) is 12.6. The van der Waals surface area contributed by atoms with Crippen LogP contribution in [0.15, 0.2) is 18.2 Å². The Labute approximate surface area is 126 Å². The van der Waals surface area contributed by atoms with Crippen LogP contribution in [0.1, 0.15) is 24.9 Å². The molecular formula is C15H25ClN2O2. The molecule has 1 aromatic carbocycles. The van der Waals surface area contributed by atoms with Gasteiger partial charge in [0.15, 0.2) is 0 Å². The molecule has 0 amide bonds. The third kappa shape index (κ3) is 5.29. The van der Waals surface area contributed by atoms with Crippen molar-refractivity contribution in [1.29, 1.82) is 0 Å². The average molecular weight is 301 g/mol. The largest absolute Gasteiger partial charge is 0.385 e. The Hall–Kier alpha value is -0.810. The molecule has 0 heterocycles. The van der Waals surface area contributed by atoms with Crippen LogP contribution in [0.2, 0.25) is 5.02 Å². The van der Waals surface area contributed by atoms with Gasteiger partial charge < -0.3 is 20.1 Å². The van der Waals surface area contributed by atoms with Gasteiger partial charge in [0.25, 0.3) is 0 Å². The summed E-state index contributed by atoms with van der Waals surface area (Å²) in [6.45, 7) is 5.04. The zero-order chi connectivity index (χ0) is 15.0. The van der Waals surface area contributed by atoms with Gasteiger partial charge >= 0.3 is 0 Å². The average Bonchev–Trinajstić information content (AvgIpc) is 2.43. The first-order chi connectivity index (χ1) is 9.60. The molecule has 1 aromatic rings. The first-order valence-electron chi connectivity index (χ1n) is 6.88. The van der Waals surface area contributed by atoms with Gasteiger partial charge in [-0.2, -0.15) is 0 Å². The predicted octanol–water partition coefficient (Wildman–Crippen LogP) is 2.85. The number of nitrogens with zero attached hydrogens (tertiary/aromatic N) is 1. The summed E-state index contributed by atoms with van der Waals surface area (Å²) < 4.78 is 10.3. The number of ether oxygens (including phenoxy) is 2. The Balaban J connectivity index is 2.82. The second-order valence-corrected chi connectivity index (χ2v) is 5.23. The van der Waals surface area contributed by atoms with Crippen LogP contribution in [0.25, 0.3) is 0 Å². The normalized spacial score (nSPS) is 12.4. The molecule has 1 atom stereocenters. The van der Waals surface area contributed by atoms with E-state index in [1.807, 2.05) is 25.1 Å². The van der Waals surface area contributed by atoms with Crippen molar-refractivity contribution in [2.45, 2.75) is 19.4 Å². The number of rotatable bonds is 9. The molecule has 0 aliphatic heterocycles. The van der Waals surface area contributed by atoms with E-state index in [-0.39, 0.29) is 6.04 Å². The Bertz CT molecular complexity index is 399. The molecule has 2 N–H and O–H groups in total. The highest BCUT2D eigenvalue weighted by molar-refractivity contribution is 6.33. The van der Waals surface area contributed by atoms with Crippen molar-refractivity contribution in [3.05, 3.63) is 28.8 Å². The van der Waals surface area contributed by atoms with Gasteiger partial charge in [-0.05, 0) is 31.0 Å². The summed E-state index contributed by atoms with van der Waals surface area (Å²) in [5.74, 6) is 0. The van der Waals surface area contributed by atoms with E-state index in [4.69, 9.17) is 26.8 Å². The first-order valence-corrected chi connectivity index (χ1v) is 7.25. The van der Waals surface area contributed by atoms with Gasteiger partial charge in [0.1, 0.15) is 0 Å². The maximum absolute atomic E-state index is 6.39. The van der Waals surface area contributed by atoms with Crippen molar-refractivity contribution in [3.8, 4) is 0 Å². The molecule has 0 aliphatic carbocycles. The molecule has 0 aliphatic rings. The number of hydrogen-bond acceptors (Lipinski definition) is 4. The van der Waals surface area contributed by atoms with Crippen molar-refractivity contribution >= 4 is 17.3 Å². The molecule has 0 aromatic heterocycles. The summed E-state index contributed by atoms with van der Waals surface area (Å²) in [6.07, 6.45) is 0.950. The zero-order valence-corrected chi connectivity index (χ0v) is 13.3. The minimum Gasteiger partial charge on any atom is -0.385 e. The van der Waals surface area contributed by atoms with Crippen LogP contribution in [-0.2, 0) is 9.47 Å². The highest BCUT2D eigenvalue weighted by Gasteiger charge is 2.12. The summed E-state index contributed by atoms with van der Waals surface area (Å²) in [7, 11) is 3.41. The summed E-state index contributed by atoms with van der Waals surface area (Å²) in [5, 5.41) is 0.730. The lowest BCUT2D eigenvalue weighted by Crippen LogP contribution is -2.29. The molecule has 1 rings (SSSR count). The van der Waals surface area contributed by atoms with Gasteiger partial charge in [-0.15, -0.1) is 0 Å². The standard InChI is InChI=1S/C15H25ClN2O2/c1-12(17)13-5-6-15(14(16)11-13)18(8-10-20-3)7-4-9-19-2/h5-6,11-12H,4,7-10,17H2,1-3H3. The van der Waals surface area contributed by atoms with Crippen LogP contribution in [0, 0.1) is 0 Å². The maximum atomic E-state index is 6.39. The van der Waals surface area contributed by atoms with E-state index >= 15 is 0 Å². The van der Waals surface area contributed by atoms with Gasteiger partial charge in [0.05, 0.1) is 17.3 Å². The second kappa shape index (κ2) is 9.19. The van der Waals surface area contributed by atoms with Gasteiger partial charge in [0, 0.05) is 40.0 Å². The lowest BCUT2D eigenvalue weighted by Gasteiger charge is -2.26. The lowest BCUT2D eigenvalue weighted by atomic mass is 10.1. The first kappa shape index (κ1) is 17.2. The molecule has 20 heavy (non-hydrogen) atoms. The van der Waals surface area contributed by atoms with E-state index in [0.29, 0.717) is 6.61 Å². The number of benzene rings is 1. The van der Waals surface area contributed by atoms with Crippen LogP contribution in [0.5, 0.6) is 0 Å². The van der Waals surface area contributed by atoms with E-state index < -0.39 is 0 Å². The quantitative estimate of drug-likeness (QED) is 0.713. The van der Waals surface area contributed by atoms with E-state index in [1.165, 1.54) is 0 Å². The Kier molecular flexibility index (Phi) is 7.92. The van der Waals surface area contributed by atoms with Crippen molar-refractivity contribution in [2.24, 2.45) is 5.73 Å². The van der Waals surface area contributed by atoms with Crippen LogP contribution < -0.4 is 10.6 Å². The number of halogens is 1. The van der Waals surface area contributed by atoms with Crippen molar-refractivity contribution in [3.63, 3.8) is 0 Å². The molecule has 0 saturated carbocycles. The molecule has 4 nitrogen and oxygen atoms in total. The highest BCUT2D eigenvalue weighted by atomic mass is 35.5. The molecular weight excluding hydrogens is 276 g/mol. The third-order valence-electron chi connectivity index (χ3n) is 3.18. The predicted molar refractivity (Wildman–Crippen MR) is 84.6 cm³/mol. The smallest absolute Gasteiger partial charge is 0.0642 e. The molecule has 114 valence electrons. The second-order valence-electron chi connectivity index (χ2n) is 4.83. The summed E-state index contributed by atoms with van der Waals surface area (Å²) in [6, 6.07) is 5.99. The molecule has 0 fully saturated rings. The van der Waals surface area contributed by atoms with Crippen molar-refractivity contribution in [2.75, 3.05) is 45.4 Å².